The lowest BCUT2D eigenvalue weighted by Gasteiger charge is -2.28. The largest absolute Gasteiger partial charge is 0.356 e. The highest BCUT2D eigenvalue weighted by molar-refractivity contribution is 5.80. The zero-order valence-electron chi connectivity index (χ0n) is 14.8. The summed E-state index contributed by atoms with van der Waals surface area (Å²) in [7, 11) is 1.94. The van der Waals surface area contributed by atoms with Gasteiger partial charge in [-0.1, -0.05) is 13.8 Å². The van der Waals surface area contributed by atoms with Crippen molar-refractivity contribution < 1.29 is 0 Å². The van der Waals surface area contributed by atoms with Crippen LogP contribution in [0.5, 0.6) is 0 Å². The van der Waals surface area contributed by atoms with Gasteiger partial charge in [0.2, 0.25) is 0 Å². The number of nitrogens with one attached hydrogen (secondary N) is 1. The highest BCUT2D eigenvalue weighted by Crippen LogP contribution is 2.37. The number of likely N-dealkylation sites (tertiary alicyclic amines) is 2. The first-order chi connectivity index (χ1) is 10.7. The molecular formula is C18H34N4. The molecule has 3 fully saturated rings. The maximum atomic E-state index is 4.55. The van der Waals surface area contributed by atoms with E-state index in [0.717, 1.165) is 24.5 Å². The third-order valence-electron chi connectivity index (χ3n) is 6.38. The minimum atomic E-state index is 0.522. The van der Waals surface area contributed by atoms with Crippen molar-refractivity contribution in [3.05, 3.63) is 0 Å². The number of aliphatic imine (C=N–C) groups is 1. The average molecular weight is 306 g/mol. The second kappa shape index (κ2) is 6.77. The summed E-state index contributed by atoms with van der Waals surface area (Å²) >= 11 is 0. The maximum Gasteiger partial charge on any atom is 0.193 e. The fraction of sp³-hybridized carbons (Fsp3) is 0.944. The van der Waals surface area contributed by atoms with Crippen LogP contribution >= 0.6 is 0 Å². The van der Waals surface area contributed by atoms with Crippen LogP contribution in [0.3, 0.4) is 0 Å². The van der Waals surface area contributed by atoms with Crippen LogP contribution < -0.4 is 5.32 Å². The molecule has 1 saturated carbocycles. The Hall–Kier alpha value is -0.770. The second-order valence-corrected chi connectivity index (χ2v) is 7.69. The van der Waals surface area contributed by atoms with E-state index >= 15 is 0 Å². The molecule has 2 heterocycles. The van der Waals surface area contributed by atoms with E-state index in [-0.39, 0.29) is 0 Å². The van der Waals surface area contributed by atoms with Gasteiger partial charge in [-0.3, -0.25) is 4.99 Å². The molecule has 0 amide bonds. The van der Waals surface area contributed by atoms with Crippen LogP contribution in [-0.2, 0) is 0 Å². The van der Waals surface area contributed by atoms with E-state index in [9.17, 15) is 0 Å². The normalized spacial score (nSPS) is 29.3. The predicted octanol–water partition coefficient (Wildman–Crippen LogP) is 2.56. The van der Waals surface area contributed by atoms with Gasteiger partial charge in [-0.15, -0.1) is 0 Å². The molecule has 1 N–H and O–H groups in total. The first kappa shape index (κ1) is 16.1. The number of rotatable bonds is 5. The molecule has 1 aliphatic carbocycles. The summed E-state index contributed by atoms with van der Waals surface area (Å²) in [4.78, 5) is 9.73. The van der Waals surface area contributed by atoms with Crippen molar-refractivity contribution in [2.24, 2.45) is 16.3 Å². The minimum Gasteiger partial charge on any atom is -0.356 e. The first-order valence-corrected chi connectivity index (χ1v) is 9.39. The van der Waals surface area contributed by atoms with Crippen LogP contribution in [0.1, 0.15) is 52.4 Å². The fourth-order valence-corrected chi connectivity index (χ4v) is 4.31. The lowest BCUT2D eigenvalue weighted by atomic mass is 9.82. The van der Waals surface area contributed by atoms with E-state index in [2.05, 4.69) is 34.0 Å². The highest BCUT2D eigenvalue weighted by Gasteiger charge is 2.37. The summed E-state index contributed by atoms with van der Waals surface area (Å²) in [6, 6.07) is 0.928. The Labute approximate surface area is 136 Å². The van der Waals surface area contributed by atoms with Gasteiger partial charge in [-0.2, -0.15) is 0 Å². The van der Waals surface area contributed by atoms with Crippen LogP contribution in [-0.4, -0.2) is 61.6 Å². The highest BCUT2D eigenvalue weighted by atomic mass is 15.3. The van der Waals surface area contributed by atoms with Crippen molar-refractivity contribution in [3.63, 3.8) is 0 Å². The van der Waals surface area contributed by atoms with Crippen molar-refractivity contribution in [1.29, 1.82) is 0 Å². The maximum absolute atomic E-state index is 4.55. The molecule has 1 unspecified atom stereocenters. The Bertz CT molecular complexity index is 398. The molecule has 0 spiro atoms. The summed E-state index contributed by atoms with van der Waals surface area (Å²) in [5.41, 5.74) is 0.522. The van der Waals surface area contributed by atoms with Gasteiger partial charge in [0.1, 0.15) is 0 Å². The molecule has 4 nitrogen and oxygen atoms in total. The molecule has 0 aromatic carbocycles. The van der Waals surface area contributed by atoms with Gasteiger partial charge in [-0.25, -0.2) is 0 Å². The lowest BCUT2D eigenvalue weighted by Crippen LogP contribution is -2.43. The van der Waals surface area contributed by atoms with Gasteiger partial charge in [0.25, 0.3) is 0 Å². The van der Waals surface area contributed by atoms with E-state index in [1.807, 2.05) is 7.05 Å². The van der Waals surface area contributed by atoms with E-state index < -0.39 is 0 Å². The molecule has 0 aromatic rings. The van der Waals surface area contributed by atoms with Crippen molar-refractivity contribution in [1.82, 2.24) is 15.1 Å². The molecule has 4 heteroatoms. The Morgan fingerprint density at radius 2 is 1.95 bits per heavy atom. The molecule has 3 aliphatic rings. The molecule has 3 rings (SSSR count). The van der Waals surface area contributed by atoms with Gasteiger partial charge >= 0.3 is 0 Å². The second-order valence-electron chi connectivity index (χ2n) is 7.69. The van der Waals surface area contributed by atoms with Crippen LogP contribution in [0.25, 0.3) is 0 Å². The molecule has 2 saturated heterocycles. The van der Waals surface area contributed by atoms with Crippen molar-refractivity contribution in [2.75, 3.05) is 39.8 Å². The molecule has 0 aromatic heterocycles. The molecule has 0 radical (unpaired) electrons. The van der Waals surface area contributed by atoms with Gasteiger partial charge in [0, 0.05) is 39.3 Å². The lowest BCUT2D eigenvalue weighted by molar-refractivity contribution is 0.275. The summed E-state index contributed by atoms with van der Waals surface area (Å²) in [5, 5.41) is 3.67. The van der Waals surface area contributed by atoms with Crippen LogP contribution in [0.4, 0.5) is 0 Å². The Kier molecular flexibility index (Phi) is 4.96. The van der Waals surface area contributed by atoms with E-state index in [4.69, 9.17) is 0 Å². The van der Waals surface area contributed by atoms with E-state index in [0.29, 0.717) is 5.41 Å². The number of hydrogen-bond donors (Lipinski definition) is 1. The zero-order valence-corrected chi connectivity index (χ0v) is 14.8. The summed E-state index contributed by atoms with van der Waals surface area (Å²) in [5.74, 6) is 1.94. The zero-order chi connectivity index (χ0) is 15.6. The molecule has 22 heavy (non-hydrogen) atoms. The van der Waals surface area contributed by atoms with Crippen molar-refractivity contribution >= 4 is 5.96 Å². The van der Waals surface area contributed by atoms with Crippen LogP contribution in [0.2, 0.25) is 0 Å². The predicted molar refractivity (Wildman–Crippen MR) is 93.3 cm³/mol. The Morgan fingerprint density at radius 3 is 2.55 bits per heavy atom. The smallest absolute Gasteiger partial charge is 0.193 e. The summed E-state index contributed by atoms with van der Waals surface area (Å²) in [6.45, 7) is 10.7. The first-order valence-electron chi connectivity index (χ1n) is 9.39. The van der Waals surface area contributed by atoms with Crippen molar-refractivity contribution in [3.8, 4) is 0 Å². The average Bonchev–Trinajstić information content (AvgIpc) is 3.14. The quantitative estimate of drug-likeness (QED) is 0.625. The third kappa shape index (κ3) is 3.42. The van der Waals surface area contributed by atoms with Crippen LogP contribution in [0, 0.1) is 11.3 Å². The number of hydrogen-bond acceptors (Lipinski definition) is 2. The SMILES string of the molecule is CCC1(CC)CCN(C(=NC)NCC2CCN(C3CC3)C2)C1. The van der Waals surface area contributed by atoms with Gasteiger partial charge in [0.05, 0.1) is 0 Å². The third-order valence-corrected chi connectivity index (χ3v) is 6.38. The monoisotopic (exact) mass is 306 g/mol. The fourth-order valence-electron chi connectivity index (χ4n) is 4.31. The Morgan fingerprint density at radius 1 is 1.18 bits per heavy atom. The molecule has 1 atom stereocenters. The minimum absolute atomic E-state index is 0.522. The summed E-state index contributed by atoms with van der Waals surface area (Å²) < 4.78 is 0. The van der Waals surface area contributed by atoms with Gasteiger partial charge in [-0.05, 0) is 56.4 Å². The van der Waals surface area contributed by atoms with Gasteiger partial charge in [0.15, 0.2) is 5.96 Å². The van der Waals surface area contributed by atoms with Gasteiger partial charge < -0.3 is 15.1 Å². The molecule has 2 aliphatic heterocycles. The Balaban J connectivity index is 1.46. The number of guanidine groups is 1. The molecular weight excluding hydrogens is 272 g/mol. The van der Waals surface area contributed by atoms with Crippen molar-refractivity contribution in [2.45, 2.75) is 58.4 Å². The topological polar surface area (TPSA) is 30.9 Å². The molecule has 0 bridgehead atoms. The van der Waals surface area contributed by atoms with E-state index in [1.54, 1.807) is 0 Å². The standard InChI is InChI=1S/C18H34N4/c1-4-18(5-2)9-11-22(14-18)17(19-3)20-12-15-8-10-21(13-15)16-6-7-16/h15-16H,4-14H2,1-3H3,(H,19,20). The number of nitrogens with zero attached hydrogens (tertiary/aromatic N) is 3. The van der Waals surface area contributed by atoms with Crippen LogP contribution in [0.15, 0.2) is 4.99 Å². The molecule has 126 valence electrons. The van der Waals surface area contributed by atoms with E-state index in [1.165, 1.54) is 64.7 Å². The summed E-state index contributed by atoms with van der Waals surface area (Å²) in [6.07, 6.45) is 8.12.